The zero-order valence-corrected chi connectivity index (χ0v) is 17.8. The molecule has 1 amide bonds. The molecule has 3 N–H and O–H groups in total. The minimum absolute atomic E-state index is 0.0000862. The highest BCUT2D eigenvalue weighted by atomic mass is 16.5. The number of carbonyl (C=O) groups is 2. The molecule has 1 atom stereocenters. The SMILES string of the molecule is Cc1cccc(C)c1OCC(O)CNC(=O)c1cc2c([nH]c1=O)CC(C)(C)CC2=O. The third-order valence-electron chi connectivity index (χ3n) is 5.29. The van der Waals surface area contributed by atoms with E-state index in [4.69, 9.17) is 4.74 Å². The van der Waals surface area contributed by atoms with E-state index in [-0.39, 0.29) is 29.9 Å². The molecular formula is C23H28N2O5. The average molecular weight is 412 g/mol. The molecule has 0 spiro atoms. The van der Waals surface area contributed by atoms with Gasteiger partial charge in [-0.25, -0.2) is 0 Å². The van der Waals surface area contributed by atoms with Gasteiger partial charge in [-0.1, -0.05) is 32.0 Å². The van der Waals surface area contributed by atoms with Crippen molar-refractivity contribution < 1.29 is 19.4 Å². The average Bonchev–Trinajstić information content (AvgIpc) is 2.64. The van der Waals surface area contributed by atoms with Crippen LogP contribution in [0.25, 0.3) is 0 Å². The first kappa shape index (κ1) is 21.8. The number of carbonyl (C=O) groups excluding carboxylic acids is 2. The van der Waals surface area contributed by atoms with Crippen LogP contribution in [0.5, 0.6) is 5.75 Å². The number of Topliss-reactive ketones (excluding diaryl/α,β-unsaturated/α-hetero) is 1. The van der Waals surface area contributed by atoms with Gasteiger partial charge in [-0.2, -0.15) is 0 Å². The number of para-hydroxylation sites is 1. The quantitative estimate of drug-likeness (QED) is 0.675. The smallest absolute Gasteiger partial charge is 0.261 e. The number of nitrogens with one attached hydrogen (secondary N) is 2. The zero-order chi connectivity index (χ0) is 22.1. The summed E-state index contributed by atoms with van der Waals surface area (Å²) < 4.78 is 5.69. The van der Waals surface area contributed by atoms with Gasteiger partial charge in [0.25, 0.3) is 11.5 Å². The second-order valence-corrected chi connectivity index (χ2v) is 8.74. The van der Waals surface area contributed by atoms with Gasteiger partial charge in [-0.15, -0.1) is 0 Å². The normalized spacial score (nSPS) is 16.0. The molecule has 0 saturated heterocycles. The summed E-state index contributed by atoms with van der Waals surface area (Å²) in [7, 11) is 0. The molecule has 7 nitrogen and oxygen atoms in total. The van der Waals surface area contributed by atoms with Gasteiger partial charge >= 0.3 is 0 Å². The van der Waals surface area contributed by atoms with Gasteiger partial charge in [-0.05, 0) is 42.9 Å². The predicted molar refractivity (Wildman–Crippen MR) is 113 cm³/mol. The number of aromatic nitrogens is 1. The molecular weight excluding hydrogens is 384 g/mol. The summed E-state index contributed by atoms with van der Waals surface area (Å²) >= 11 is 0. The fourth-order valence-electron chi connectivity index (χ4n) is 3.77. The van der Waals surface area contributed by atoms with Crippen molar-refractivity contribution in [3.8, 4) is 5.75 Å². The van der Waals surface area contributed by atoms with Crippen molar-refractivity contribution in [1.82, 2.24) is 10.3 Å². The summed E-state index contributed by atoms with van der Waals surface area (Å²) in [4.78, 5) is 39.9. The van der Waals surface area contributed by atoms with Crippen LogP contribution in [0, 0.1) is 19.3 Å². The molecule has 3 rings (SSSR count). The Morgan fingerprint density at radius 3 is 2.57 bits per heavy atom. The lowest BCUT2D eigenvalue weighted by Crippen LogP contribution is -2.38. The number of aliphatic hydroxyl groups excluding tert-OH is 1. The lowest BCUT2D eigenvalue weighted by atomic mass is 9.75. The molecule has 7 heteroatoms. The van der Waals surface area contributed by atoms with E-state index < -0.39 is 17.6 Å². The summed E-state index contributed by atoms with van der Waals surface area (Å²) in [6.45, 7) is 7.69. The second kappa shape index (κ2) is 8.44. The predicted octanol–water partition coefficient (Wildman–Crippen LogP) is 2.32. The van der Waals surface area contributed by atoms with E-state index in [0.717, 1.165) is 11.1 Å². The van der Waals surface area contributed by atoms with Gasteiger partial charge < -0.3 is 20.1 Å². The summed E-state index contributed by atoms with van der Waals surface area (Å²) in [5, 5.41) is 12.7. The van der Waals surface area contributed by atoms with Crippen LogP contribution < -0.4 is 15.6 Å². The molecule has 1 aliphatic carbocycles. The van der Waals surface area contributed by atoms with Gasteiger partial charge in [0.1, 0.15) is 24.0 Å². The van der Waals surface area contributed by atoms with Crippen LogP contribution in [-0.4, -0.2) is 41.0 Å². The van der Waals surface area contributed by atoms with Crippen LogP contribution in [0.2, 0.25) is 0 Å². The number of H-pyrrole nitrogens is 1. The van der Waals surface area contributed by atoms with Gasteiger partial charge in [0.05, 0.1) is 0 Å². The number of aryl methyl sites for hydroxylation is 2. The van der Waals surface area contributed by atoms with Crippen LogP contribution >= 0.6 is 0 Å². The standard InChI is InChI=1S/C23H28N2O5/c1-13-6-5-7-14(2)20(13)30-12-15(26)11-24-21(28)17-8-16-18(25-22(17)29)9-23(3,4)10-19(16)27/h5-8,15,26H,9-12H2,1-4H3,(H,24,28)(H,25,29). The number of amides is 1. The number of aromatic amines is 1. The molecule has 1 aromatic carbocycles. The molecule has 1 unspecified atom stereocenters. The van der Waals surface area contributed by atoms with E-state index in [9.17, 15) is 19.5 Å². The Morgan fingerprint density at radius 1 is 1.23 bits per heavy atom. The van der Waals surface area contributed by atoms with E-state index >= 15 is 0 Å². The molecule has 30 heavy (non-hydrogen) atoms. The van der Waals surface area contributed by atoms with E-state index in [1.165, 1.54) is 6.07 Å². The monoisotopic (exact) mass is 412 g/mol. The van der Waals surface area contributed by atoms with Gasteiger partial charge in [0, 0.05) is 24.2 Å². The fraction of sp³-hybridized carbons (Fsp3) is 0.435. The number of hydrogen-bond acceptors (Lipinski definition) is 5. The summed E-state index contributed by atoms with van der Waals surface area (Å²) in [5.41, 5.74) is 1.97. The summed E-state index contributed by atoms with van der Waals surface area (Å²) in [6, 6.07) is 7.12. The van der Waals surface area contributed by atoms with Crippen LogP contribution in [0.4, 0.5) is 0 Å². The van der Waals surface area contributed by atoms with Gasteiger partial charge in [0.15, 0.2) is 5.78 Å². The Hall–Kier alpha value is -2.93. The minimum atomic E-state index is -0.952. The Balaban J connectivity index is 1.63. The molecule has 1 aromatic heterocycles. The number of pyridine rings is 1. The van der Waals surface area contributed by atoms with Crippen LogP contribution in [-0.2, 0) is 6.42 Å². The maximum absolute atomic E-state index is 12.5. The van der Waals surface area contributed by atoms with Gasteiger partial charge in [0.2, 0.25) is 0 Å². The number of ketones is 1. The molecule has 1 aliphatic rings. The Labute approximate surface area is 175 Å². The molecule has 0 saturated carbocycles. The third-order valence-corrected chi connectivity index (χ3v) is 5.29. The van der Waals surface area contributed by atoms with Crippen molar-refractivity contribution in [3.05, 3.63) is 62.6 Å². The molecule has 160 valence electrons. The lowest BCUT2D eigenvalue weighted by Gasteiger charge is -2.29. The molecule has 2 aromatic rings. The maximum Gasteiger partial charge on any atom is 0.261 e. The number of hydrogen-bond donors (Lipinski definition) is 3. The zero-order valence-electron chi connectivity index (χ0n) is 17.8. The van der Waals surface area contributed by atoms with Crippen molar-refractivity contribution in [2.24, 2.45) is 5.41 Å². The number of benzene rings is 1. The second-order valence-electron chi connectivity index (χ2n) is 8.74. The minimum Gasteiger partial charge on any atom is -0.490 e. The first-order valence-electron chi connectivity index (χ1n) is 10.0. The van der Waals surface area contributed by atoms with Crippen LogP contribution in [0.15, 0.2) is 29.1 Å². The first-order valence-corrected chi connectivity index (χ1v) is 10.0. The fourth-order valence-corrected chi connectivity index (χ4v) is 3.77. The van der Waals surface area contributed by atoms with E-state index in [1.54, 1.807) is 0 Å². The number of aliphatic hydroxyl groups is 1. The largest absolute Gasteiger partial charge is 0.490 e. The van der Waals surface area contributed by atoms with E-state index in [2.05, 4.69) is 10.3 Å². The highest BCUT2D eigenvalue weighted by Gasteiger charge is 2.32. The number of ether oxygens (including phenoxy) is 1. The molecule has 0 fully saturated rings. The van der Waals surface area contributed by atoms with Crippen molar-refractivity contribution >= 4 is 11.7 Å². The Morgan fingerprint density at radius 2 is 1.90 bits per heavy atom. The van der Waals surface area contributed by atoms with Crippen molar-refractivity contribution in [2.75, 3.05) is 13.2 Å². The van der Waals surface area contributed by atoms with Crippen LogP contribution in [0.1, 0.15) is 57.8 Å². The first-order chi connectivity index (χ1) is 14.1. The summed E-state index contributed by atoms with van der Waals surface area (Å²) in [6.07, 6.45) is -0.0202. The maximum atomic E-state index is 12.5. The third kappa shape index (κ3) is 4.79. The van der Waals surface area contributed by atoms with Crippen molar-refractivity contribution in [3.63, 3.8) is 0 Å². The topological polar surface area (TPSA) is 108 Å². The van der Waals surface area contributed by atoms with Crippen LogP contribution in [0.3, 0.4) is 0 Å². The Bertz CT molecular complexity index is 1020. The van der Waals surface area contributed by atoms with E-state index in [1.807, 2.05) is 45.9 Å². The molecule has 0 aliphatic heterocycles. The van der Waals surface area contributed by atoms with Crippen molar-refractivity contribution in [2.45, 2.75) is 46.6 Å². The van der Waals surface area contributed by atoms with E-state index in [0.29, 0.717) is 29.8 Å². The van der Waals surface area contributed by atoms with Gasteiger partial charge in [-0.3, -0.25) is 14.4 Å². The molecule has 1 heterocycles. The lowest BCUT2D eigenvalue weighted by molar-refractivity contribution is 0.0840. The number of fused-ring (bicyclic) bond motifs is 1. The molecule has 0 radical (unpaired) electrons. The number of rotatable bonds is 6. The highest BCUT2D eigenvalue weighted by Crippen LogP contribution is 2.33. The van der Waals surface area contributed by atoms with Crippen molar-refractivity contribution in [1.29, 1.82) is 0 Å². The molecule has 0 bridgehead atoms. The highest BCUT2D eigenvalue weighted by molar-refractivity contribution is 6.02. The summed E-state index contributed by atoms with van der Waals surface area (Å²) in [5.74, 6) is -0.0214. The Kier molecular flexibility index (Phi) is 6.12.